The number of aliphatic hydroxyl groups is 1. The van der Waals surface area contributed by atoms with Crippen molar-refractivity contribution in [3.05, 3.63) is 0 Å². The summed E-state index contributed by atoms with van der Waals surface area (Å²) in [5.74, 6) is 0. The molecule has 0 saturated heterocycles. The summed E-state index contributed by atoms with van der Waals surface area (Å²) in [5, 5.41) is 12.1. The van der Waals surface area contributed by atoms with Gasteiger partial charge >= 0.3 is 0 Å². The second-order valence-electron chi connectivity index (χ2n) is 2.74. The Bertz CT molecular complexity index is 64.3. The molecule has 0 saturated carbocycles. The molecule has 0 rings (SSSR count). The highest BCUT2D eigenvalue weighted by molar-refractivity contribution is 4.51. The van der Waals surface area contributed by atoms with E-state index in [0.29, 0.717) is 0 Å². The highest BCUT2D eigenvalue weighted by Crippen LogP contribution is 1.87. The summed E-state index contributed by atoms with van der Waals surface area (Å²) in [5.41, 5.74) is 0. The van der Waals surface area contributed by atoms with Crippen LogP contribution >= 0.6 is 0 Å². The molecule has 0 aliphatic rings. The van der Waals surface area contributed by atoms with Gasteiger partial charge in [-0.25, -0.2) is 0 Å². The Morgan fingerprint density at radius 2 is 2.10 bits per heavy atom. The van der Waals surface area contributed by atoms with Crippen molar-refractivity contribution in [2.24, 2.45) is 0 Å². The molecule has 2 N–H and O–H groups in total. The fourth-order valence-corrected chi connectivity index (χ4v) is 0.738. The molecule has 0 heterocycles. The first-order valence-corrected chi connectivity index (χ1v) is 4.16. The molecule has 0 spiro atoms. The average molecular weight is 145 g/mol. The monoisotopic (exact) mass is 145 g/mol. The second-order valence-corrected chi connectivity index (χ2v) is 2.74. The van der Waals surface area contributed by atoms with E-state index < -0.39 is 0 Å². The Kier molecular flexibility index (Phi) is 6.98. The van der Waals surface area contributed by atoms with Gasteiger partial charge in [0.1, 0.15) is 0 Å². The fourth-order valence-electron chi connectivity index (χ4n) is 0.738. The summed E-state index contributed by atoms with van der Waals surface area (Å²) in [6.45, 7) is 6.03. The minimum Gasteiger partial charge on any atom is -0.393 e. The van der Waals surface area contributed by atoms with Gasteiger partial charge in [-0.3, -0.25) is 0 Å². The Morgan fingerprint density at radius 3 is 2.60 bits per heavy atom. The van der Waals surface area contributed by atoms with E-state index in [1.54, 1.807) is 0 Å². The maximum absolute atomic E-state index is 8.87. The number of hydrogen-bond donors (Lipinski definition) is 2. The van der Waals surface area contributed by atoms with Crippen LogP contribution in [0.4, 0.5) is 0 Å². The van der Waals surface area contributed by atoms with Gasteiger partial charge in [0.15, 0.2) is 0 Å². The van der Waals surface area contributed by atoms with Crippen molar-refractivity contribution >= 4 is 0 Å². The van der Waals surface area contributed by atoms with Crippen molar-refractivity contribution in [1.29, 1.82) is 0 Å². The molecular formula is C8H19NO. The zero-order valence-electron chi connectivity index (χ0n) is 7.06. The summed E-state index contributed by atoms with van der Waals surface area (Å²) in [6, 6.07) is 0. The molecule has 0 unspecified atom stereocenters. The molecule has 0 aromatic rings. The van der Waals surface area contributed by atoms with Crippen LogP contribution in [0.25, 0.3) is 0 Å². The van der Waals surface area contributed by atoms with Crippen molar-refractivity contribution in [3.63, 3.8) is 0 Å². The highest BCUT2D eigenvalue weighted by atomic mass is 16.3. The van der Waals surface area contributed by atoms with Crippen molar-refractivity contribution in [2.45, 2.75) is 39.2 Å². The molecule has 0 radical (unpaired) electrons. The van der Waals surface area contributed by atoms with Crippen LogP contribution < -0.4 is 5.32 Å². The van der Waals surface area contributed by atoms with Gasteiger partial charge in [0, 0.05) is 0 Å². The Hall–Kier alpha value is -0.0800. The number of unbranched alkanes of at least 4 members (excludes halogenated alkanes) is 1. The molecule has 2 nitrogen and oxygen atoms in total. The quantitative estimate of drug-likeness (QED) is 0.549. The Balaban J connectivity index is 2.77. The van der Waals surface area contributed by atoms with Crippen molar-refractivity contribution in [3.8, 4) is 0 Å². The van der Waals surface area contributed by atoms with E-state index in [1.165, 1.54) is 12.8 Å². The normalized spacial score (nSPS) is 13.5. The molecule has 0 amide bonds. The largest absolute Gasteiger partial charge is 0.393 e. The van der Waals surface area contributed by atoms with Gasteiger partial charge in [-0.1, -0.05) is 13.3 Å². The smallest absolute Gasteiger partial charge is 0.0524 e. The fraction of sp³-hybridized carbons (Fsp3) is 1.00. The molecule has 0 fully saturated rings. The molecule has 0 aromatic carbocycles. The van der Waals surface area contributed by atoms with Crippen LogP contribution in [0.2, 0.25) is 0 Å². The number of aliphatic hydroxyl groups excluding tert-OH is 1. The van der Waals surface area contributed by atoms with Crippen LogP contribution in [0.1, 0.15) is 33.1 Å². The molecule has 0 aliphatic heterocycles. The average Bonchev–Trinajstić information content (AvgIpc) is 1.87. The van der Waals surface area contributed by atoms with E-state index in [-0.39, 0.29) is 6.10 Å². The molecule has 0 bridgehead atoms. The Labute approximate surface area is 63.6 Å². The van der Waals surface area contributed by atoms with Gasteiger partial charge in [-0.2, -0.15) is 0 Å². The lowest BCUT2D eigenvalue weighted by Crippen LogP contribution is -2.19. The number of rotatable bonds is 6. The minimum atomic E-state index is -0.158. The van der Waals surface area contributed by atoms with E-state index in [2.05, 4.69) is 12.2 Å². The summed E-state index contributed by atoms with van der Waals surface area (Å²) < 4.78 is 0. The molecule has 62 valence electrons. The molecule has 2 heteroatoms. The van der Waals surface area contributed by atoms with Gasteiger partial charge in [0.25, 0.3) is 0 Å². The third-order valence-corrected chi connectivity index (χ3v) is 1.45. The minimum absolute atomic E-state index is 0.158. The lowest BCUT2D eigenvalue weighted by molar-refractivity contribution is 0.184. The maximum Gasteiger partial charge on any atom is 0.0524 e. The number of nitrogens with one attached hydrogen (secondary N) is 1. The molecule has 10 heavy (non-hydrogen) atoms. The number of hydrogen-bond acceptors (Lipinski definition) is 2. The molecule has 0 aromatic heterocycles. The maximum atomic E-state index is 8.87. The molecular weight excluding hydrogens is 126 g/mol. The van der Waals surface area contributed by atoms with Crippen LogP contribution in [0, 0.1) is 0 Å². The van der Waals surface area contributed by atoms with Crippen molar-refractivity contribution in [2.75, 3.05) is 13.1 Å². The predicted molar refractivity (Wildman–Crippen MR) is 44.1 cm³/mol. The summed E-state index contributed by atoms with van der Waals surface area (Å²) in [7, 11) is 0. The predicted octanol–water partition coefficient (Wildman–Crippen LogP) is 1.15. The zero-order chi connectivity index (χ0) is 7.82. The molecule has 0 aliphatic carbocycles. The van der Waals surface area contributed by atoms with Gasteiger partial charge in [-0.15, -0.1) is 0 Å². The summed E-state index contributed by atoms with van der Waals surface area (Å²) >= 11 is 0. The van der Waals surface area contributed by atoms with E-state index in [0.717, 1.165) is 19.5 Å². The van der Waals surface area contributed by atoms with Gasteiger partial charge in [0.2, 0.25) is 0 Å². The third kappa shape index (κ3) is 7.92. The summed E-state index contributed by atoms with van der Waals surface area (Å²) in [4.78, 5) is 0. The standard InChI is InChI=1S/C8H19NO/c1-3-4-6-9-7-5-8(2)10/h8-10H,3-7H2,1-2H3/t8-/m0/s1. The van der Waals surface area contributed by atoms with Crippen LogP contribution in [-0.2, 0) is 0 Å². The lowest BCUT2D eigenvalue weighted by Gasteiger charge is -2.04. The topological polar surface area (TPSA) is 32.3 Å². The van der Waals surface area contributed by atoms with Crippen LogP contribution in [0.5, 0.6) is 0 Å². The lowest BCUT2D eigenvalue weighted by atomic mass is 10.3. The molecule has 1 atom stereocenters. The third-order valence-electron chi connectivity index (χ3n) is 1.45. The van der Waals surface area contributed by atoms with Crippen LogP contribution in [-0.4, -0.2) is 24.3 Å². The van der Waals surface area contributed by atoms with E-state index in [1.807, 2.05) is 6.92 Å². The second kappa shape index (κ2) is 7.03. The van der Waals surface area contributed by atoms with Gasteiger partial charge in [-0.05, 0) is 32.9 Å². The van der Waals surface area contributed by atoms with Crippen LogP contribution in [0.3, 0.4) is 0 Å². The van der Waals surface area contributed by atoms with Gasteiger partial charge < -0.3 is 10.4 Å². The Morgan fingerprint density at radius 1 is 1.40 bits per heavy atom. The first-order valence-electron chi connectivity index (χ1n) is 4.16. The van der Waals surface area contributed by atoms with Crippen molar-refractivity contribution in [1.82, 2.24) is 5.32 Å². The van der Waals surface area contributed by atoms with Crippen molar-refractivity contribution < 1.29 is 5.11 Å². The van der Waals surface area contributed by atoms with E-state index >= 15 is 0 Å². The first-order chi connectivity index (χ1) is 4.77. The first kappa shape index (κ1) is 9.92. The van der Waals surface area contributed by atoms with E-state index in [9.17, 15) is 0 Å². The highest BCUT2D eigenvalue weighted by Gasteiger charge is 1.92. The van der Waals surface area contributed by atoms with Gasteiger partial charge in [0.05, 0.1) is 6.10 Å². The van der Waals surface area contributed by atoms with E-state index in [4.69, 9.17) is 5.11 Å². The summed E-state index contributed by atoms with van der Waals surface area (Å²) in [6.07, 6.45) is 3.18. The van der Waals surface area contributed by atoms with Crippen LogP contribution in [0.15, 0.2) is 0 Å². The SMILES string of the molecule is CCCCNCC[C@H](C)O. The zero-order valence-corrected chi connectivity index (χ0v) is 7.06.